The summed E-state index contributed by atoms with van der Waals surface area (Å²) in [5.41, 5.74) is 2.86. The fraction of sp³-hybridized carbons (Fsp3) is 0.500. The van der Waals surface area contributed by atoms with Crippen LogP contribution in [0.2, 0.25) is 0 Å². The molecule has 1 N–H and O–H groups in total. The molecule has 0 bridgehead atoms. The first-order valence-electron chi connectivity index (χ1n) is 6.26. The third-order valence-electron chi connectivity index (χ3n) is 3.39. The van der Waals surface area contributed by atoms with E-state index in [1.807, 2.05) is 0 Å². The van der Waals surface area contributed by atoms with Crippen molar-refractivity contribution in [2.24, 2.45) is 0 Å². The number of carbonyl (C=O) groups is 1. The third kappa shape index (κ3) is 3.56. The number of methoxy groups -OCH3 is 1. The molecule has 0 saturated carbocycles. The molecule has 1 unspecified atom stereocenters. The van der Waals surface area contributed by atoms with Crippen LogP contribution in [0.1, 0.15) is 24.0 Å². The van der Waals surface area contributed by atoms with Crippen LogP contribution in [0.4, 0.5) is 0 Å². The van der Waals surface area contributed by atoms with E-state index in [-0.39, 0.29) is 5.97 Å². The van der Waals surface area contributed by atoms with Gasteiger partial charge < -0.3 is 10.1 Å². The minimum Gasteiger partial charge on any atom is -0.469 e. The van der Waals surface area contributed by atoms with Gasteiger partial charge in [-0.1, -0.05) is 22.0 Å². The molecule has 1 aliphatic carbocycles. The van der Waals surface area contributed by atoms with E-state index in [4.69, 9.17) is 0 Å². The highest BCUT2D eigenvalue weighted by atomic mass is 79.9. The smallest absolute Gasteiger partial charge is 0.306 e. The summed E-state index contributed by atoms with van der Waals surface area (Å²) in [5.74, 6) is -0.150. The summed E-state index contributed by atoms with van der Waals surface area (Å²) in [6.45, 7) is 0.698. The monoisotopic (exact) mass is 311 g/mol. The van der Waals surface area contributed by atoms with Gasteiger partial charge in [-0.3, -0.25) is 4.79 Å². The predicted octanol–water partition coefficient (Wildman–Crippen LogP) is 2.46. The van der Waals surface area contributed by atoms with Gasteiger partial charge in [-0.2, -0.15) is 0 Å². The fourth-order valence-electron chi connectivity index (χ4n) is 2.38. The van der Waals surface area contributed by atoms with Gasteiger partial charge in [0.15, 0.2) is 0 Å². The van der Waals surface area contributed by atoms with Crippen molar-refractivity contribution in [1.82, 2.24) is 5.32 Å². The van der Waals surface area contributed by atoms with E-state index in [1.54, 1.807) is 0 Å². The maximum atomic E-state index is 11.0. The Kier molecular flexibility index (Phi) is 4.78. The Bertz CT molecular complexity index is 434. The molecule has 3 nitrogen and oxygen atoms in total. The number of aryl methyl sites for hydroxylation is 1. The van der Waals surface area contributed by atoms with Crippen LogP contribution in [0.5, 0.6) is 0 Å². The second kappa shape index (κ2) is 6.34. The molecule has 1 aliphatic rings. The quantitative estimate of drug-likeness (QED) is 0.868. The molecule has 0 fully saturated rings. The van der Waals surface area contributed by atoms with Gasteiger partial charge in [0.05, 0.1) is 13.5 Å². The van der Waals surface area contributed by atoms with Gasteiger partial charge in [-0.25, -0.2) is 0 Å². The Morgan fingerprint density at radius 1 is 1.50 bits per heavy atom. The zero-order chi connectivity index (χ0) is 13.0. The molecule has 1 atom stereocenters. The van der Waals surface area contributed by atoms with Gasteiger partial charge in [0.1, 0.15) is 0 Å². The Labute approximate surface area is 116 Å². The van der Waals surface area contributed by atoms with Gasteiger partial charge in [0, 0.05) is 17.1 Å². The van der Waals surface area contributed by atoms with Crippen LogP contribution in [0.25, 0.3) is 0 Å². The van der Waals surface area contributed by atoms with Gasteiger partial charge in [0.25, 0.3) is 0 Å². The SMILES string of the molecule is COC(=O)CCNC1CCc2cc(Br)ccc2C1. The first-order valence-corrected chi connectivity index (χ1v) is 7.06. The van der Waals surface area contributed by atoms with Gasteiger partial charge in [-0.15, -0.1) is 0 Å². The van der Waals surface area contributed by atoms with E-state index in [0.717, 1.165) is 23.7 Å². The summed E-state index contributed by atoms with van der Waals surface area (Å²) in [6, 6.07) is 6.96. The molecule has 98 valence electrons. The normalized spacial score (nSPS) is 18.2. The number of ether oxygens (including phenoxy) is 1. The van der Waals surface area contributed by atoms with Crippen molar-refractivity contribution >= 4 is 21.9 Å². The lowest BCUT2D eigenvalue weighted by Crippen LogP contribution is -2.35. The number of halogens is 1. The van der Waals surface area contributed by atoms with E-state index in [0.29, 0.717) is 19.0 Å². The van der Waals surface area contributed by atoms with E-state index >= 15 is 0 Å². The lowest BCUT2D eigenvalue weighted by molar-refractivity contribution is -0.140. The molecular formula is C14H18BrNO2. The van der Waals surface area contributed by atoms with Crippen molar-refractivity contribution in [3.63, 3.8) is 0 Å². The number of hydrogen-bond donors (Lipinski definition) is 1. The lowest BCUT2D eigenvalue weighted by atomic mass is 9.88. The summed E-state index contributed by atoms with van der Waals surface area (Å²) in [7, 11) is 1.43. The van der Waals surface area contributed by atoms with Crippen LogP contribution < -0.4 is 5.32 Å². The number of esters is 1. The van der Waals surface area contributed by atoms with Gasteiger partial charge in [-0.05, 0) is 42.5 Å². The molecule has 0 aliphatic heterocycles. The van der Waals surface area contributed by atoms with Crippen LogP contribution in [-0.2, 0) is 22.4 Å². The van der Waals surface area contributed by atoms with Crippen LogP contribution >= 0.6 is 15.9 Å². The van der Waals surface area contributed by atoms with E-state index in [9.17, 15) is 4.79 Å². The molecule has 0 amide bonds. The fourth-order valence-corrected chi connectivity index (χ4v) is 2.79. The minimum absolute atomic E-state index is 0.150. The number of benzene rings is 1. The Morgan fingerprint density at radius 2 is 2.33 bits per heavy atom. The molecule has 0 saturated heterocycles. The van der Waals surface area contributed by atoms with Crippen molar-refractivity contribution < 1.29 is 9.53 Å². The molecule has 0 heterocycles. The summed E-state index contributed by atoms with van der Waals surface area (Å²) >= 11 is 3.50. The van der Waals surface area contributed by atoms with Crippen molar-refractivity contribution in [3.05, 3.63) is 33.8 Å². The maximum Gasteiger partial charge on any atom is 0.306 e. The molecule has 18 heavy (non-hydrogen) atoms. The average molecular weight is 312 g/mol. The minimum atomic E-state index is -0.150. The number of carbonyl (C=O) groups excluding carboxylic acids is 1. The topological polar surface area (TPSA) is 38.3 Å². The van der Waals surface area contributed by atoms with Crippen LogP contribution in [-0.4, -0.2) is 25.7 Å². The highest BCUT2D eigenvalue weighted by Gasteiger charge is 2.18. The average Bonchev–Trinajstić information content (AvgIpc) is 2.38. The summed E-state index contributed by atoms with van der Waals surface area (Å²) in [5, 5.41) is 3.43. The predicted molar refractivity (Wildman–Crippen MR) is 74.6 cm³/mol. The van der Waals surface area contributed by atoms with Crippen molar-refractivity contribution in [2.75, 3.05) is 13.7 Å². The van der Waals surface area contributed by atoms with Crippen LogP contribution in [0.3, 0.4) is 0 Å². The van der Waals surface area contributed by atoms with Crippen molar-refractivity contribution in [1.29, 1.82) is 0 Å². The molecule has 0 radical (unpaired) electrons. The highest BCUT2D eigenvalue weighted by molar-refractivity contribution is 9.10. The molecular weight excluding hydrogens is 294 g/mol. The summed E-state index contributed by atoms with van der Waals surface area (Å²) in [4.78, 5) is 11.0. The van der Waals surface area contributed by atoms with E-state index in [1.165, 1.54) is 18.2 Å². The Balaban J connectivity index is 1.84. The molecule has 2 rings (SSSR count). The standard InChI is InChI=1S/C14H18BrNO2/c1-18-14(17)6-7-16-13-5-3-10-8-12(15)4-2-11(10)9-13/h2,4,8,13,16H,3,5-7,9H2,1H3. The van der Waals surface area contributed by atoms with Gasteiger partial charge >= 0.3 is 5.97 Å². The largest absolute Gasteiger partial charge is 0.469 e. The molecule has 0 spiro atoms. The first kappa shape index (κ1) is 13.6. The number of fused-ring (bicyclic) bond motifs is 1. The van der Waals surface area contributed by atoms with E-state index in [2.05, 4.69) is 44.2 Å². The maximum absolute atomic E-state index is 11.0. The molecule has 0 aromatic heterocycles. The van der Waals surface area contributed by atoms with Crippen molar-refractivity contribution in [2.45, 2.75) is 31.7 Å². The zero-order valence-electron chi connectivity index (χ0n) is 10.5. The van der Waals surface area contributed by atoms with Gasteiger partial charge in [0.2, 0.25) is 0 Å². The highest BCUT2D eigenvalue weighted by Crippen LogP contribution is 2.24. The molecule has 4 heteroatoms. The summed E-state index contributed by atoms with van der Waals surface area (Å²) < 4.78 is 5.78. The van der Waals surface area contributed by atoms with Crippen molar-refractivity contribution in [3.8, 4) is 0 Å². The molecule has 1 aromatic carbocycles. The zero-order valence-corrected chi connectivity index (χ0v) is 12.1. The molecule has 1 aromatic rings. The Hall–Kier alpha value is -0.870. The van der Waals surface area contributed by atoms with Crippen LogP contribution in [0, 0.1) is 0 Å². The Morgan fingerprint density at radius 3 is 3.11 bits per heavy atom. The van der Waals surface area contributed by atoms with Crippen LogP contribution in [0.15, 0.2) is 22.7 Å². The second-order valence-corrected chi connectivity index (χ2v) is 5.55. The van der Waals surface area contributed by atoms with E-state index < -0.39 is 0 Å². The number of nitrogens with one attached hydrogen (secondary N) is 1. The number of rotatable bonds is 4. The summed E-state index contributed by atoms with van der Waals surface area (Å²) in [6.07, 6.45) is 3.72. The lowest BCUT2D eigenvalue weighted by Gasteiger charge is -2.25. The first-order chi connectivity index (χ1) is 8.69. The third-order valence-corrected chi connectivity index (χ3v) is 3.88. The second-order valence-electron chi connectivity index (χ2n) is 4.63. The number of hydrogen-bond acceptors (Lipinski definition) is 3.